The average Bonchev–Trinajstić information content (AvgIpc) is 2.93. The van der Waals surface area contributed by atoms with Crippen molar-refractivity contribution in [3.05, 3.63) is 91.1 Å². The minimum absolute atomic E-state index is 0.0338. The fourth-order valence-corrected chi connectivity index (χ4v) is 4.12. The lowest BCUT2D eigenvalue weighted by Gasteiger charge is -2.18. The van der Waals surface area contributed by atoms with E-state index in [4.69, 9.17) is 4.74 Å². The number of alkyl carbamates (subject to hydrolysis) is 1. The van der Waals surface area contributed by atoms with Crippen LogP contribution in [0, 0.1) is 19.7 Å². The van der Waals surface area contributed by atoms with Gasteiger partial charge in [0, 0.05) is 44.6 Å². The second-order valence-electron chi connectivity index (χ2n) is 8.82. The number of benzene rings is 2. The van der Waals surface area contributed by atoms with Crippen LogP contribution in [0.4, 0.5) is 9.18 Å². The van der Waals surface area contributed by atoms with Crippen LogP contribution in [0.15, 0.2) is 51.7 Å². The zero-order chi connectivity index (χ0) is 29.8. The van der Waals surface area contributed by atoms with Crippen LogP contribution < -0.4 is 20.9 Å². The number of ether oxygens (including phenoxy) is 3. The molecule has 3 aromatic rings. The third-order valence-electron chi connectivity index (χ3n) is 5.71. The normalized spacial score (nSPS) is 10.3. The zero-order valence-corrected chi connectivity index (χ0v) is 25.1. The van der Waals surface area contributed by atoms with Gasteiger partial charge in [-0.05, 0) is 77.2 Å². The largest absolute Gasteiger partial charge is 0.487 e. The van der Waals surface area contributed by atoms with Crippen molar-refractivity contribution in [3.63, 3.8) is 0 Å². The standard InChI is InChI=1S/C27H29BrFN3O5.C2H6O/c1-5-10-30-25(33)18-7-6-16(2)22(13-18)32-17(3)11-23(24(28)26(32)34)37-15-19-8-9-21(29)12-20(19)14-31-27(35)36-4;1-3-2/h6-9,11-13H,5,10,14-15H2,1-4H3,(H,30,33)(H,31,35);1-2H3. The molecule has 0 radical (unpaired) electrons. The summed E-state index contributed by atoms with van der Waals surface area (Å²) in [5, 5.41) is 5.37. The number of hydrogen-bond donors (Lipinski definition) is 2. The molecule has 0 saturated heterocycles. The highest BCUT2D eigenvalue weighted by atomic mass is 79.9. The predicted molar refractivity (Wildman–Crippen MR) is 155 cm³/mol. The summed E-state index contributed by atoms with van der Waals surface area (Å²) in [6.07, 6.45) is 0.180. The Bertz CT molecular complexity index is 1390. The molecule has 2 N–H and O–H groups in total. The molecule has 0 fully saturated rings. The Kier molecular flexibility index (Phi) is 12.8. The first-order valence-corrected chi connectivity index (χ1v) is 13.3. The Morgan fingerprint density at radius 2 is 1.70 bits per heavy atom. The molecule has 0 unspecified atom stereocenters. The molecule has 40 heavy (non-hydrogen) atoms. The molecule has 0 aliphatic carbocycles. The van der Waals surface area contributed by atoms with Crippen molar-refractivity contribution >= 4 is 27.9 Å². The number of aryl methyl sites for hydroxylation is 2. The van der Waals surface area contributed by atoms with Crippen molar-refractivity contribution in [2.75, 3.05) is 27.9 Å². The van der Waals surface area contributed by atoms with Crippen LogP contribution in [-0.2, 0) is 22.6 Å². The van der Waals surface area contributed by atoms with Crippen LogP contribution in [0.5, 0.6) is 5.75 Å². The molecule has 216 valence electrons. The third kappa shape index (κ3) is 8.65. The summed E-state index contributed by atoms with van der Waals surface area (Å²) in [6, 6.07) is 11.1. The number of rotatable bonds is 9. The van der Waals surface area contributed by atoms with Gasteiger partial charge in [0.15, 0.2) is 0 Å². The van der Waals surface area contributed by atoms with Crippen molar-refractivity contribution in [1.82, 2.24) is 15.2 Å². The molecule has 1 aromatic heterocycles. The number of halogens is 2. The minimum atomic E-state index is -0.639. The number of carbonyl (C=O) groups is 2. The average molecular weight is 621 g/mol. The van der Waals surface area contributed by atoms with E-state index >= 15 is 0 Å². The SMILES string of the molecule is CCCNC(=O)c1ccc(C)c(-n2c(C)cc(OCc3ccc(F)cc3CNC(=O)OC)c(Br)c2=O)c1.COC. The van der Waals surface area contributed by atoms with E-state index in [-0.39, 0.29) is 29.1 Å². The van der Waals surface area contributed by atoms with Crippen molar-refractivity contribution in [1.29, 1.82) is 0 Å². The van der Waals surface area contributed by atoms with Gasteiger partial charge in [-0.1, -0.05) is 19.1 Å². The van der Waals surface area contributed by atoms with E-state index in [1.807, 2.05) is 13.8 Å². The molecule has 0 spiro atoms. The maximum atomic E-state index is 13.8. The van der Waals surface area contributed by atoms with Gasteiger partial charge in [0.1, 0.15) is 22.6 Å². The summed E-state index contributed by atoms with van der Waals surface area (Å²) in [4.78, 5) is 37.3. The van der Waals surface area contributed by atoms with Gasteiger partial charge >= 0.3 is 6.09 Å². The monoisotopic (exact) mass is 619 g/mol. The fourth-order valence-electron chi connectivity index (χ4n) is 3.71. The third-order valence-corrected chi connectivity index (χ3v) is 6.44. The van der Waals surface area contributed by atoms with E-state index < -0.39 is 11.9 Å². The molecule has 2 aromatic carbocycles. The van der Waals surface area contributed by atoms with Crippen LogP contribution in [0.3, 0.4) is 0 Å². The Labute approximate surface area is 241 Å². The molecule has 0 bridgehead atoms. The minimum Gasteiger partial charge on any atom is -0.487 e. The number of carbonyl (C=O) groups excluding carboxylic acids is 2. The number of hydrogen-bond acceptors (Lipinski definition) is 6. The molecule has 11 heteroatoms. The second-order valence-corrected chi connectivity index (χ2v) is 9.61. The molecule has 0 atom stereocenters. The van der Waals surface area contributed by atoms with Crippen LogP contribution >= 0.6 is 15.9 Å². The van der Waals surface area contributed by atoms with Gasteiger partial charge in [-0.2, -0.15) is 0 Å². The first kappa shape index (κ1) is 32.5. The van der Waals surface area contributed by atoms with Crippen molar-refractivity contribution in [2.24, 2.45) is 0 Å². The Morgan fingerprint density at radius 1 is 1.00 bits per heavy atom. The van der Waals surface area contributed by atoms with Gasteiger partial charge in [0.25, 0.3) is 11.5 Å². The van der Waals surface area contributed by atoms with Crippen LogP contribution in [0.25, 0.3) is 5.69 Å². The number of amides is 2. The molecule has 3 rings (SSSR count). The van der Waals surface area contributed by atoms with Gasteiger partial charge < -0.3 is 24.8 Å². The van der Waals surface area contributed by atoms with Crippen LogP contribution in [0.1, 0.15) is 46.1 Å². The zero-order valence-electron chi connectivity index (χ0n) is 23.5. The number of methoxy groups -OCH3 is 2. The quantitative estimate of drug-likeness (QED) is 0.341. The summed E-state index contributed by atoms with van der Waals surface area (Å²) in [5.41, 5.74) is 3.27. The van der Waals surface area contributed by atoms with Gasteiger partial charge in [-0.3, -0.25) is 14.2 Å². The van der Waals surface area contributed by atoms with E-state index in [2.05, 4.69) is 36.0 Å². The number of aromatic nitrogens is 1. The predicted octanol–water partition coefficient (Wildman–Crippen LogP) is 5.19. The molecule has 9 nitrogen and oxygen atoms in total. The molecule has 1 heterocycles. The van der Waals surface area contributed by atoms with E-state index in [1.54, 1.807) is 51.5 Å². The maximum Gasteiger partial charge on any atom is 0.407 e. The van der Waals surface area contributed by atoms with E-state index in [0.717, 1.165) is 12.0 Å². The van der Waals surface area contributed by atoms with Crippen molar-refractivity contribution in [3.8, 4) is 11.4 Å². The second kappa shape index (κ2) is 15.8. The van der Waals surface area contributed by atoms with Crippen LogP contribution in [0.2, 0.25) is 0 Å². The molecule has 0 aliphatic heterocycles. The smallest absolute Gasteiger partial charge is 0.407 e. The highest BCUT2D eigenvalue weighted by molar-refractivity contribution is 9.10. The van der Waals surface area contributed by atoms with E-state index in [9.17, 15) is 18.8 Å². The van der Waals surface area contributed by atoms with Crippen molar-refractivity contribution < 1.29 is 28.2 Å². The van der Waals surface area contributed by atoms with Gasteiger partial charge in [0.05, 0.1) is 12.8 Å². The summed E-state index contributed by atoms with van der Waals surface area (Å²) in [7, 11) is 4.49. The fraction of sp³-hybridized carbons (Fsp3) is 0.345. The molecular weight excluding hydrogens is 585 g/mol. The van der Waals surface area contributed by atoms with Gasteiger partial charge in [0.2, 0.25) is 0 Å². The lowest BCUT2D eigenvalue weighted by Crippen LogP contribution is -2.26. The topological polar surface area (TPSA) is 108 Å². The highest BCUT2D eigenvalue weighted by Gasteiger charge is 2.17. The lowest BCUT2D eigenvalue weighted by molar-refractivity contribution is 0.0953. The van der Waals surface area contributed by atoms with Gasteiger partial charge in [-0.25, -0.2) is 9.18 Å². The molecular formula is C29H35BrFN3O6. The first-order chi connectivity index (χ1) is 19.1. The molecule has 0 saturated carbocycles. The summed E-state index contributed by atoms with van der Waals surface area (Å²) in [6.45, 7) is 6.26. The molecule has 0 aliphatic rings. The van der Waals surface area contributed by atoms with Crippen molar-refractivity contribution in [2.45, 2.75) is 40.3 Å². The highest BCUT2D eigenvalue weighted by Crippen LogP contribution is 2.27. The Hall–Kier alpha value is -3.70. The summed E-state index contributed by atoms with van der Waals surface area (Å²) >= 11 is 3.36. The van der Waals surface area contributed by atoms with Crippen LogP contribution in [-0.4, -0.2) is 44.4 Å². The lowest BCUT2D eigenvalue weighted by atomic mass is 10.1. The summed E-state index contributed by atoms with van der Waals surface area (Å²) in [5.74, 6) is -0.347. The number of nitrogens with zero attached hydrogens (tertiary/aromatic N) is 1. The molecule has 2 amide bonds. The van der Waals surface area contributed by atoms with E-state index in [1.165, 1.54) is 23.8 Å². The number of nitrogens with one attached hydrogen (secondary N) is 2. The maximum absolute atomic E-state index is 13.8. The van der Waals surface area contributed by atoms with E-state index in [0.29, 0.717) is 40.4 Å². The Balaban J connectivity index is 0.00000178. The summed E-state index contributed by atoms with van der Waals surface area (Å²) < 4.78 is 30.3. The van der Waals surface area contributed by atoms with Gasteiger partial charge in [-0.15, -0.1) is 0 Å². The number of pyridine rings is 1. The first-order valence-electron chi connectivity index (χ1n) is 12.5. The Morgan fingerprint density at radius 3 is 2.35 bits per heavy atom.